The number of unbranched alkanes of at least 4 members (excludes halogenated alkanes) is 1. The summed E-state index contributed by atoms with van der Waals surface area (Å²) < 4.78 is 5.01. The first-order chi connectivity index (χ1) is 7.25. The summed E-state index contributed by atoms with van der Waals surface area (Å²) in [5.41, 5.74) is 1.40. The van der Waals surface area contributed by atoms with E-state index in [1.54, 1.807) is 7.11 Å². The van der Waals surface area contributed by atoms with Crippen molar-refractivity contribution in [2.24, 2.45) is 0 Å². The van der Waals surface area contributed by atoms with E-state index in [4.69, 9.17) is 4.74 Å². The summed E-state index contributed by atoms with van der Waals surface area (Å²) in [7, 11) is 1.76. The van der Waals surface area contributed by atoms with Crippen LogP contribution in [0, 0.1) is 6.92 Å². The quantitative estimate of drug-likeness (QED) is 0.723. The van der Waals surface area contributed by atoms with Crippen LogP contribution in [0.3, 0.4) is 0 Å². The van der Waals surface area contributed by atoms with Crippen molar-refractivity contribution >= 4 is 11.3 Å². The predicted molar refractivity (Wildman–Crippen MR) is 66.6 cm³/mol. The smallest absolute Gasteiger partial charge is 0.0462 e. The molecular formula is C12H21NOS. The molecule has 1 atom stereocenters. The molecule has 1 heterocycles. The van der Waals surface area contributed by atoms with Gasteiger partial charge in [0.25, 0.3) is 0 Å². The van der Waals surface area contributed by atoms with Crippen LogP contribution in [0.15, 0.2) is 11.4 Å². The Hall–Kier alpha value is -0.380. The summed E-state index contributed by atoms with van der Waals surface area (Å²) in [6, 6.07) is 2.66. The van der Waals surface area contributed by atoms with Gasteiger partial charge < -0.3 is 10.1 Å². The molecule has 0 aromatic carbocycles. The van der Waals surface area contributed by atoms with Crippen LogP contribution < -0.4 is 5.32 Å². The van der Waals surface area contributed by atoms with Gasteiger partial charge in [-0.3, -0.25) is 0 Å². The molecule has 1 aromatic rings. The Balaban J connectivity index is 2.19. The van der Waals surface area contributed by atoms with Gasteiger partial charge in [0.1, 0.15) is 0 Å². The van der Waals surface area contributed by atoms with E-state index in [0.29, 0.717) is 6.04 Å². The molecule has 0 spiro atoms. The number of rotatable bonds is 7. The van der Waals surface area contributed by atoms with Gasteiger partial charge in [0, 0.05) is 24.6 Å². The normalized spacial score (nSPS) is 13.0. The molecular weight excluding hydrogens is 206 g/mol. The maximum atomic E-state index is 5.01. The van der Waals surface area contributed by atoms with Crippen LogP contribution >= 0.6 is 11.3 Å². The van der Waals surface area contributed by atoms with Crippen molar-refractivity contribution in [3.63, 3.8) is 0 Å². The zero-order valence-electron chi connectivity index (χ0n) is 9.88. The first-order valence-corrected chi connectivity index (χ1v) is 6.40. The molecule has 2 nitrogen and oxygen atoms in total. The second kappa shape index (κ2) is 6.99. The number of thiophene rings is 1. The highest BCUT2D eigenvalue weighted by Gasteiger charge is 2.08. The molecule has 1 aromatic heterocycles. The van der Waals surface area contributed by atoms with Crippen molar-refractivity contribution in [2.45, 2.75) is 32.7 Å². The minimum absolute atomic E-state index is 0.479. The Bertz CT molecular complexity index is 272. The fourth-order valence-corrected chi connectivity index (χ4v) is 2.57. The molecule has 0 bridgehead atoms. The fourth-order valence-electron chi connectivity index (χ4n) is 1.61. The lowest BCUT2D eigenvalue weighted by Gasteiger charge is -2.13. The van der Waals surface area contributed by atoms with E-state index in [1.165, 1.54) is 16.9 Å². The van der Waals surface area contributed by atoms with Crippen LogP contribution in [-0.2, 0) is 4.74 Å². The number of nitrogens with one attached hydrogen (secondary N) is 1. The van der Waals surface area contributed by atoms with Gasteiger partial charge in [0.2, 0.25) is 0 Å². The molecule has 0 aliphatic carbocycles. The van der Waals surface area contributed by atoms with Crippen molar-refractivity contribution in [3.8, 4) is 0 Å². The van der Waals surface area contributed by atoms with Gasteiger partial charge in [-0.15, -0.1) is 11.3 Å². The first kappa shape index (κ1) is 12.7. The van der Waals surface area contributed by atoms with E-state index in [-0.39, 0.29) is 0 Å². The number of hydrogen-bond acceptors (Lipinski definition) is 3. The molecule has 0 radical (unpaired) electrons. The van der Waals surface area contributed by atoms with Gasteiger partial charge in [-0.05, 0) is 50.2 Å². The van der Waals surface area contributed by atoms with E-state index in [1.807, 2.05) is 11.3 Å². The second-order valence-electron chi connectivity index (χ2n) is 3.84. The lowest BCUT2D eigenvalue weighted by Crippen LogP contribution is -2.19. The Morgan fingerprint density at radius 1 is 1.47 bits per heavy atom. The van der Waals surface area contributed by atoms with Crippen molar-refractivity contribution in [2.75, 3.05) is 20.3 Å². The van der Waals surface area contributed by atoms with Gasteiger partial charge in [-0.2, -0.15) is 0 Å². The van der Waals surface area contributed by atoms with Crippen LogP contribution in [-0.4, -0.2) is 20.3 Å². The maximum Gasteiger partial charge on any atom is 0.0462 e. The molecule has 0 amide bonds. The van der Waals surface area contributed by atoms with Crippen LogP contribution in [0.4, 0.5) is 0 Å². The molecule has 15 heavy (non-hydrogen) atoms. The predicted octanol–water partition coefficient (Wildman–Crippen LogP) is 3.13. The molecule has 0 aliphatic rings. The number of aryl methyl sites for hydroxylation is 1. The average Bonchev–Trinajstić information content (AvgIpc) is 2.64. The molecule has 0 saturated heterocycles. The number of methoxy groups -OCH3 is 1. The fraction of sp³-hybridized carbons (Fsp3) is 0.667. The van der Waals surface area contributed by atoms with Gasteiger partial charge in [0.05, 0.1) is 0 Å². The van der Waals surface area contributed by atoms with Crippen LogP contribution in [0.1, 0.15) is 36.2 Å². The van der Waals surface area contributed by atoms with Gasteiger partial charge in [-0.25, -0.2) is 0 Å². The largest absolute Gasteiger partial charge is 0.385 e. The first-order valence-electron chi connectivity index (χ1n) is 5.52. The van der Waals surface area contributed by atoms with Crippen molar-refractivity contribution in [1.82, 2.24) is 5.32 Å². The standard InChI is InChI=1S/C12H21NOS/c1-10-6-9-15-12(10)11(2)13-7-4-5-8-14-3/h6,9,11,13H,4-5,7-8H2,1-3H3/t11-/m1/s1. The third-order valence-corrected chi connectivity index (χ3v) is 3.72. The Labute approximate surface area is 96.7 Å². The van der Waals surface area contributed by atoms with E-state index in [0.717, 1.165) is 19.6 Å². The third-order valence-electron chi connectivity index (χ3n) is 2.52. The van der Waals surface area contributed by atoms with E-state index in [9.17, 15) is 0 Å². The number of hydrogen-bond donors (Lipinski definition) is 1. The Morgan fingerprint density at radius 2 is 2.27 bits per heavy atom. The minimum atomic E-state index is 0.479. The SMILES string of the molecule is COCCCCN[C@H](C)c1sccc1C. The molecule has 1 N–H and O–H groups in total. The lowest BCUT2D eigenvalue weighted by molar-refractivity contribution is 0.192. The Kier molecular flexibility index (Phi) is 5.91. The third kappa shape index (κ3) is 4.33. The summed E-state index contributed by atoms with van der Waals surface area (Å²) in [5, 5.41) is 5.70. The monoisotopic (exact) mass is 227 g/mol. The van der Waals surface area contributed by atoms with Gasteiger partial charge >= 0.3 is 0 Å². The van der Waals surface area contributed by atoms with Crippen LogP contribution in [0.25, 0.3) is 0 Å². The van der Waals surface area contributed by atoms with E-state index in [2.05, 4.69) is 30.6 Å². The van der Waals surface area contributed by atoms with E-state index >= 15 is 0 Å². The highest BCUT2D eigenvalue weighted by molar-refractivity contribution is 7.10. The van der Waals surface area contributed by atoms with Crippen molar-refractivity contribution in [1.29, 1.82) is 0 Å². The van der Waals surface area contributed by atoms with E-state index < -0.39 is 0 Å². The van der Waals surface area contributed by atoms with Crippen LogP contribution in [0.2, 0.25) is 0 Å². The zero-order chi connectivity index (χ0) is 11.1. The molecule has 1 rings (SSSR count). The molecule has 0 unspecified atom stereocenters. The zero-order valence-corrected chi connectivity index (χ0v) is 10.7. The topological polar surface area (TPSA) is 21.3 Å². The molecule has 3 heteroatoms. The van der Waals surface area contributed by atoms with Crippen molar-refractivity contribution < 1.29 is 4.74 Å². The molecule has 86 valence electrons. The summed E-state index contributed by atoms with van der Waals surface area (Å²) >= 11 is 1.84. The van der Waals surface area contributed by atoms with Crippen LogP contribution in [0.5, 0.6) is 0 Å². The summed E-state index contributed by atoms with van der Waals surface area (Å²) in [6.45, 7) is 6.35. The highest BCUT2D eigenvalue weighted by Crippen LogP contribution is 2.23. The number of ether oxygens (including phenoxy) is 1. The molecule has 0 aliphatic heterocycles. The second-order valence-corrected chi connectivity index (χ2v) is 4.79. The van der Waals surface area contributed by atoms with Crippen molar-refractivity contribution in [3.05, 3.63) is 21.9 Å². The van der Waals surface area contributed by atoms with Gasteiger partial charge in [-0.1, -0.05) is 0 Å². The summed E-state index contributed by atoms with van der Waals surface area (Å²) in [4.78, 5) is 1.46. The summed E-state index contributed by atoms with van der Waals surface area (Å²) in [6.07, 6.45) is 2.32. The van der Waals surface area contributed by atoms with Gasteiger partial charge in [0.15, 0.2) is 0 Å². The minimum Gasteiger partial charge on any atom is -0.385 e. The lowest BCUT2D eigenvalue weighted by atomic mass is 10.2. The summed E-state index contributed by atoms with van der Waals surface area (Å²) in [5.74, 6) is 0. The Morgan fingerprint density at radius 3 is 2.87 bits per heavy atom. The maximum absolute atomic E-state index is 5.01. The molecule has 0 saturated carbocycles. The highest BCUT2D eigenvalue weighted by atomic mass is 32.1. The average molecular weight is 227 g/mol. The molecule has 0 fully saturated rings.